The molecule has 0 saturated heterocycles. The van der Waals surface area contributed by atoms with E-state index in [2.05, 4.69) is 0 Å². The number of nitrogens with two attached hydrogens (primary N) is 1. The van der Waals surface area contributed by atoms with Crippen LogP contribution in [-0.4, -0.2) is 11.9 Å². The van der Waals surface area contributed by atoms with Crippen LogP contribution in [0.15, 0.2) is 64.4 Å². The van der Waals surface area contributed by atoms with E-state index >= 15 is 0 Å². The number of carbonyl (C=O) groups is 2. The zero-order chi connectivity index (χ0) is 16.0. The van der Waals surface area contributed by atoms with Crippen LogP contribution < -0.4 is 5.73 Å². The molecular weight excluding hydrogens is 310 g/mol. The van der Waals surface area contributed by atoms with Crippen LogP contribution in [0.5, 0.6) is 0 Å². The van der Waals surface area contributed by atoms with E-state index in [4.69, 9.17) is 10.5 Å². The van der Waals surface area contributed by atoms with Crippen LogP contribution in [0.2, 0.25) is 0 Å². The molecule has 1 aliphatic rings. The summed E-state index contributed by atoms with van der Waals surface area (Å²) in [5, 5.41) is 1.49. The third kappa shape index (κ3) is 2.17. The van der Waals surface area contributed by atoms with Crippen LogP contribution in [-0.2, 0) is 4.74 Å². The summed E-state index contributed by atoms with van der Waals surface area (Å²) in [6.45, 7) is 0. The maximum atomic E-state index is 11.9. The molecule has 4 rings (SSSR count). The van der Waals surface area contributed by atoms with E-state index in [1.165, 1.54) is 11.8 Å². The van der Waals surface area contributed by atoms with E-state index in [0.29, 0.717) is 22.2 Å². The molecule has 0 aromatic heterocycles. The van der Waals surface area contributed by atoms with E-state index in [9.17, 15) is 9.59 Å². The highest BCUT2D eigenvalue weighted by Gasteiger charge is 2.27. The van der Waals surface area contributed by atoms with Crippen LogP contribution >= 0.6 is 11.8 Å². The average Bonchev–Trinajstić information content (AvgIpc) is 2.55. The highest BCUT2D eigenvalue weighted by molar-refractivity contribution is 7.99. The van der Waals surface area contributed by atoms with Gasteiger partial charge in [0.15, 0.2) is 0 Å². The van der Waals surface area contributed by atoms with E-state index in [-0.39, 0.29) is 0 Å². The number of ether oxygens (including phenoxy) is 1. The van der Waals surface area contributed by atoms with Crippen molar-refractivity contribution in [1.82, 2.24) is 0 Å². The summed E-state index contributed by atoms with van der Waals surface area (Å²) in [7, 11) is 0. The molecule has 0 aliphatic carbocycles. The van der Waals surface area contributed by atoms with Gasteiger partial charge in [0.1, 0.15) is 0 Å². The Kier molecular flexibility index (Phi) is 3.09. The molecule has 0 spiro atoms. The first-order valence-electron chi connectivity index (χ1n) is 7.00. The first-order chi connectivity index (χ1) is 11.1. The van der Waals surface area contributed by atoms with Gasteiger partial charge >= 0.3 is 11.9 Å². The Balaban J connectivity index is 1.94. The van der Waals surface area contributed by atoms with Gasteiger partial charge in [-0.15, -0.1) is 0 Å². The first-order valence-corrected chi connectivity index (χ1v) is 7.81. The number of carbonyl (C=O) groups excluding carboxylic acids is 2. The monoisotopic (exact) mass is 321 g/mol. The Morgan fingerprint density at radius 2 is 1.52 bits per heavy atom. The lowest BCUT2D eigenvalue weighted by Gasteiger charge is -2.17. The molecule has 0 atom stereocenters. The number of anilines is 1. The van der Waals surface area contributed by atoms with E-state index in [0.717, 1.165) is 15.2 Å². The lowest BCUT2D eigenvalue weighted by molar-refractivity contribution is 0.0391. The SMILES string of the molecule is Nc1ccccc1Sc1ccc2c3c(cccc13)C(=O)OC2=O. The van der Waals surface area contributed by atoms with Crippen LogP contribution in [0.1, 0.15) is 20.7 Å². The summed E-state index contributed by atoms with van der Waals surface area (Å²) in [5.41, 5.74) is 7.53. The molecule has 0 fully saturated rings. The smallest absolute Gasteiger partial charge is 0.346 e. The summed E-state index contributed by atoms with van der Waals surface area (Å²) in [6, 6.07) is 16.5. The third-order valence-corrected chi connectivity index (χ3v) is 4.93. The molecule has 3 aromatic carbocycles. The second-order valence-electron chi connectivity index (χ2n) is 5.16. The second-order valence-corrected chi connectivity index (χ2v) is 6.24. The fourth-order valence-electron chi connectivity index (χ4n) is 2.70. The second kappa shape index (κ2) is 5.14. The molecule has 0 saturated carbocycles. The van der Waals surface area contributed by atoms with Crippen molar-refractivity contribution in [2.45, 2.75) is 9.79 Å². The van der Waals surface area contributed by atoms with Crippen molar-refractivity contribution in [3.8, 4) is 0 Å². The highest BCUT2D eigenvalue weighted by atomic mass is 32.2. The molecule has 0 unspecified atom stereocenters. The molecule has 3 aromatic rings. The van der Waals surface area contributed by atoms with Gasteiger partial charge in [-0.3, -0.25) is 0 Å². The summed E-state index contributed by atoms with van der Waals surface area (Å²) < 4.78 is 4.78. The summed E-state index contributed by atoms with van der Waals surface area (Å²) in [5.74, 6) is -1.20. The lowest BCUT2D eigenvalue weighted by atomic mass is 9.97. The van der Waals surface area contributed by atoms with Gasteiger partial charge in [-0.1, -0.05) is 36.0 Å². The van der Waals surface area contributed by atoms with Crippen LogP contribution in [0.3, 0.4) is 0 Å². The summed E-state index contributed by atoms with van der Waals surface area (Å²) in [6.07, 6.45) is 0. The lowest BCUT2D eigenvalue weighted by Crippen LogP contribution is -2.19. The molecule has 0 amide bonds. The normalized spacial score (nSPS) is 13.2. The fraction of sp³-hybridized carbons (Fsp3) is 0. The van der Waals surface area contributed by atoms with Gasteiger partial charge < -0.3 is 10.5 Å². The molecule has 23 heavy (non-hydrogen) atoms. The minimum absolute atomic E-state index is 0.417. The van der Waals surface area contributed by atoms with Gasteiger partial charge in [0, 0.05) is 20.9 Å². The number of rotatable bonds is 2. The standard InChI is InChI=1S/C18H11NO3S/c19-13-6-1-2-7-15(13)23-14-9-8-12-16-10(14)4-3-5-11(16)17(20)22-18(12)21/h1-9H,19H2. The number of esters is 2. The van der Waals surface area contributed by atoms with Gasteiger partial charge in [0.25, 0.3) is 0 Å². The zero-order valence-corrected chi connectivity index (χ0v) is 12.7. The van der Waals surface area contributed by atoms with Crippen molar-refractivity contribution in [3.05, 3.63) is 65.7 Å². The maximum absolute atomic E-state index is 11.9. The minimum atomic E-state index is -0.602. The van der Waals surface area contributed by atoms with Gasteiger partial charge in [0.2, 0.25) is 0 Å². The van der Waals surface area contributed by atoms with Crippen LogP contribution in [0.4, 0.5) is 5.69 Å². The van der Waals surface area contributed by atoms with Gasteiger partial charge in [-0.25, -0.2) is 9.59 Å². The average molecular weight is 321 g/mol. The van der Waals surface area contributed by atoms with Crippen molar-refractivity contribution in [2.24, 2.45) is 0 Å². The molecule has 1 heterocycles. The Hall–Kier alpha value is -2.79. The van der Waals surface area contributed by atoms with Crippen molar-refractivity contribution >= 4 is 40.2 Å². The van der Waals surface area contributed by atoms with Crippen molar-refractivity contribution in [3.63, 3.8) is 0 Å². The topological polar surface area (TPSA) is 69.4 Å². The number of cyclic esters (lactones) is 2. The van der Waals surface area contributed by atoms with Crippen LogP contribution in [0.25, 0.3) is 10.8 Å². The summed E-state index contributed by atoms with van der Waals surface area (Å²) >= 11 is 1.51. The van der Waals surface area contributed by atoms with E-state index < -0.39 is 11.9 Å². The number of hydrogen-bond acceptors (Lipinski definition) is 5. The highest BCUT2D eigenvalue weighted by Crippen LogP contribution is 2.39. The predicted molar refractivity (Wildman–Crippen MR) is 88.7 cm³/mol. The number of benzene rings is 3. The van der Waals surface area contributed by atoms with Crippen molar-refractivity contribution in [1.29, 1.82) is 0 Å². The zero-order valence-electron chi connectivity index (χ0n) is 11.9. The van der Waals surface area contributed by atoms with Crippen molar-refractivity contribution < 1.29 is 14.3 Å². The molecular formula is C18H11NO3S. The quantitative estimate of drug-likeness (QED) is 0.440. The molecule has 4 nitrogen and oxygen atoms in total. The van der Waals surface area contributed by atoms with E-state index in [1.807, 2.05) is 36.4 Å². The maximum Gasteiger partial charge on any atom is 0.346 e. The molecule has 112 valence electrons. The minimum Gasteiger partial charge on any atom is -0.398 e. The van der Waals surface area contributed by atoms with Gasteiger partial charge in [-0.2, -0.15) is 0 Å². The van der Waals surface area contributed by atoms with E-state index in [1.54, 1.807) is 18.2 Å². The number of para-hydroxylation sites is 1. The Morgan fingerprint density at radius 3 is 2.30 bits per heavy atom. The van der Waals surface area contributed by atoms with Gasteiger partial charge in [0.05, 0.1) is 11.1 Å². The largest absolute Gasteiger partial charge is 0.398 e. The van der Waals surface area contributed by atoms with Crippen LogP contribution in [0, 0.1) is 0 Å². The first kappa shape index (κ1) is 13.8. The molecule has 1 aliphatic heterocycles. The molecule has 0 bridgehead atoms. The fourth-order valence-corrected chi connectivity index (χ4v) is 3.68. The summed E-state index contributed by atoms with van der Waals surface area (Å²) in [4.78, 5) is 25.7. The Labute approximate surface area is 136 Å². The molecule has 2 N–H and O–H groups in total. The number of hydrogen-bond donors (Lipinski definition) is 1. The number of nitrogen functional groups attached to an aromatic ring is 1. The van der Waals surface area contributed by atoms with Gasteiger partial charge in [-0.05, 0) is 35.7 Å². The predicted octanol–water partition coefficient (Wildman–Crippen LogP) is 3.88. The Morgan fingerprint density at radius 1 is 0.783 bits per heavy atom. The Bertz CT molecular complexity index is 961. The molecule has 0 radical (unpaired) electrons. The molecule has 5 heteroatoms. The van der Waals surface area contributed by atoms with Crippen molar-refractivity contribution in [2.75, 3.05) is 5.73 Å². The third-order valence-electron chi connectivity index (χ3n) is 3.76.